The second kappa shape index (κ2) is 6.91. The lowest BCUT2D eigenvalue weighted by Gasteiger charge is -2.26. The predicted molar refractivity (Wildman–Crippen MR) is 77.2 cm³/mol. The van der Waals surface area contributed by atoms with E-state index in [2.05, 4.69) is 10.4 Å². The van der Waals surface area contributed by atoms with Gasteiger partial charge >= 0.3 is 6.03 Å². The van der Waals surface area contributed by atoms with E-state index in [4.69, 9.17) is 9.47 Å². The topological polar surface area (TPSA) is 68.6 Å². The van der Waals surface area contributed by atoms with Crippen LogP contribution in [0.1, 0.15) is 19.3 Å². The van der Waals surface area contributed by atoms with E-state index in [0.717, 1.165) is 31.7 Å². The van der Waals surface area contributed by atoms with E-state index < -0.39 is 0 Å². The van der Waals surface area contributed by atoms with Gasteiger partial charge in [0, 0.05) is 25.9 Å². The Morgan fingerprint density at radius 1 is 1.33 bits per heavy atom. The van der Waals surface area contributed by atoms with Gasteiger partial charge in [-0.2, -0.15) is 5.10 Å². The molecule has 0 bridgehead atoms. The van der Waals surface area contributed by atoms with Gasteiger partial charge < -0.3 is 19.7 Å². The molecule has 1 N–H and O–H groups in total. The number of anilines is 1. The first-order chi connectivity index (χ1) is 10.3. The number of carbonyl (C=O) groups is 1. The molecule has 0 radical (unpaired) electrons. The van der Waals surface area contributed by atoms with Crippen LogP contribution in [0.3, 0.4) is 0 Å². The van der Waals surface area contributed by atoms with E-state index >= 15 is 0 Å². The highest BCUT2D eigenvalue weighted by Gasteiger charge is 2.18. The summed E-state index contributed by atoms with van der Waals surface area (Å²) in [5.74, 6) is 0. The molecule has 116 valence electrons. The SMILES string of the molecule is O=C(Nc1cnn(C[C@@H]2CCCCO2)c1)N1CCOCC1. The van der Waals surface area contributed by atoms with E-state index in [9.17, 15) is 4.79 Å². The minimum absolute atomic E-state index is 0.0910. The van der Waals surface area contributed by atoms with Crippen molar-refractivity contribution >= 4 is 11.7 Å². The van der Waals surface area contributed by atoms with Gasteiger partial charge in [-0.1, -0.05) is 0 Å². The quantitative estimate of drug-likeness (QED) is 0.913. The molecule has 2 aliphatic rings. The number of morpholine rings is 1. The highest BCUT2D eigenvalue weighted by atomic mass is 16.5. The first kappa shape index (κ1) is 14.3. The second-order valence-electron chi connectivity index (χ2n) is 5.47. The van der Waals surface area contributed by atoms with Gasteiger partial charge in [0.15, 0.2) is 0 Å². The zero-order valence-corrected chi connectivity index (χ0v) is 12.2. The minimum atomic E-state index is -0.0910. The summed E-state index contributed by atoms with van der Waals surface area (Å²) in [5.41, 5.74) is 0.724. The number of nitrogens with zero attached hydrogens (tertiary/aromatic N) is 3. The highest BCUT2D eigenvalue weighted by Crippen LogP contribution is 2.15. The monoisotopic (exact) mass is 294 g/mol. The first-order valence-corrected chi connectivity index (χ1v) is 7.59. The minimum Gasteiger partial charge on any atom is -0.378 e. The Labute approximate surface area is 124 Å². The smallest absolute Gasteiger partial charge is 0.322 e. The molecule has 2 fully saturated rings. The average molecular weight is 294 g/mol. The number of ether oxygens (including phenoxy) is 2. The van der Waals surface area contributed by atoms with Crippen LogP contribution in [0.2, 0.25) is 0 Å². The van der Waals surface area contributed by atoms with Crippen LogP contribution in [0.15, 0.2) is 12.4 Å². The number of hydrogen-bond acceptors (Lipinski definition) is 4. The number of rotatable bonds is 3. The molecule has 0 saturated carbocycles. The summed E-state index contributed by atoms with van der Waals surface area (Å²) in [6.07, 6.45) is 7.22. The van der Waals surface area contributed by atoms with Gasteiger partial charge in [0.05, 0.1) is 37.7 Å². The largest absolute Gasteiger partial charge is 0.378 e. The molecule has 7 heteroatoms. The number of amides is 2. The second-order valence-corrected chi connectivity index (χ2v) is 5.47. The third-order valence-electron chi connectivity index (χ3n) is 3.85. The van der Waals surface area contributed by atoms with Gasteiger partial charge in [-0.15, -0.1) is 0 Å². The molecule has 3 rings (SSSR count). The van der Waals surface area contributed by atoms with Crippen molar-refractivity contribution in [1.29, 1.82) is 0 Å². The van der Waals surface area contributed by atoms with Crippen LogP contribution in [-0.4, -0.2) is 59.7 Å². The fourth-order valence-corrected chi connectivity index (χ4v) is 2.66. The number of urea groups is 1. The Bertz CT molecular complexity index is 465. The normalized spacial score (nSPS) is 23.0. The fourth-order valence-electron chi connectivity index (χ4n) is 2.66. The summed E-state index contributed by atoms with van der Waals surface area (Å²) in [5, 5.41) is 7.16. The lowest BCUT2D eigenvalue weighted by molar-refractivity contribution is 0.00400. The molecule has 0 unspecified atom stereocenters. The number of aromatic nitrogens is 2. The Kier molecular flexibility index (Phi) is 4.72. The average Bonchev–Trinajstić information content (AvgIpc) is 2.96. The van der Waals surface area contributed by atoms with Crippen LogP contribution in [0, 0.1) is 0 Å². The standard InChI is InChI=1S/C14H22N4O3/c19-14(17-4-7-20-8-5-17)16-12-9-15-18(10-12)11-13-3-1-2-6-21-13/h9-10,13H,1-8,11H2,(H,16,19)/t13-/m0/s1. The molecule has 21 heavy (non-hydrogen) atoms. The Morgan fingerprint density at radius 2 is 2.19 bits per heavy atom. The summed E-state index contributed by atoms with van der Waals surface area (Å²) >= 11 is 0. The van der Waals surface area contributed by atoms with Gasteiger partial charge in [-0.25, -0.2) is 4.79 Å². The lowest BCUT2D eigenvalue weighted by atomic mass is 10.1. The maximum absolute atomic E-state index is 12.1. The molecule has 2 saturated heterocycles. The third-order valence-corrected chi connectivity index (χ3v) is 3.85. The van der Waals surface area contributed by atoms with Crippen LogP contribution >= 0.6 is 0 Å². The molecule has 0 spiro atoms. The summed E-state index contributed by atoms with van der Waals surface area (Å²) in [7, 11) is 0. The van der Waals surface area contributed by atoms with Crippen molar-refractivity contribution in [3.05, 3.63) is 12.4 Å². The summed E-state index contributed by atoms with van der Waals surface area (Å²) < 4.78 is 12.8. The van der Waals surface area contributed by atoms with Crippen molar-refractivity contribution in [3.8, 4) is 0 Å². The molecule has 1 atom stereocenters. The Morgan fingerprint density at radius 3 is 2.95 bits per heavy atom. The van der Waals surface area contributed by atoms with Crippen molar-refractivity contribution in [2.75, 3.05) is 38.2 Å². The van der Waals surface area contributed by atoms with Crippen LogP contribution in [0.4, 0.5) is 10.5 Å². The molecule has 1 aromatic rings. The third kappa shape index (κ3) is 3.95. The van der Waals surface area contributed by atoms with Gasteiger partial charge in [-0.3, -0.25) is 4.68 Å². The van der Waals surface area contributed by atoms with Crippen molar-refractivity contribution in [2.45, 2.75) is 31.9 Å². The molecule has 2 aliphatic heterocycles. The van der Waals surface area contributed by atoms with Crippen molar-refractivity contribution in [1.82, 2.24) is 14.7 Å². The molecule has 1 aromatic heterocycles. The Hall–Kier alpha value is -1.60. The molecule has 3 heterocycles. The molecule has 2 amide bonds. The molecule has 0 aromatic carbocycles. The zero-order chi connectivity index (χ0) is 14.5. The molecular formula is C14H22N4O3. The number of nitrogens with one attached hydrogen (secondary N) is 1. The summed E-state index contributed by atoms with van der Waals surface area (Å²) in [6.45, 7) is 4.06. The zero-order valence-electron chi connectivity index (χ0n) is 12.2. The molecular weight excluding hydrogens is 272 g/mol. The van der Waals surface area contributed by atoms with Crippen LogP contribution in [0.5, 0.6) is 0 Å². The van der Waals surface area contributed by atoms with Gasteiger partial charge in [-0.05, 0) is 19.3 Å². The fraction of sp³-hybridized carbons (Fsp3) is 0.714. The number of carbonyl (C=O) groups excluding carboxylic acids is 1. The highest BCUT2D eigenvalue weighted by molar-refractivity contribution is 5.89. The van der Waals surface area contributed by atoms with E-state index in [1.165, 1.54) is 6.42 Å². The van der Waals surface area contributed by atoms with Crippen LogP contribution in [0.25, 0.3) is 0 Å². The van der Waals surface area contributed by atoms with Crippen LogP contribution < -0.4 is 5.32 Å². The van der Waals surface area contributed by atoms with Crippen molar-refractivity contribution < 1.29 is 14.3 Å². The maximum Gasteiger partial charge on any atom is 0.322 e. The maximum atomic E-state index is 12.1. The molecule has 7 nitrogen and oxygen atoms in total. The van der Waals surface area contributed by atoms with Gasteiger partial charge in [0.25, 0.3) is 0 Å². The van der Waals surface area contributed by atoms with Crippen LogP contribution in [-0.2, 0) is 16.0 Å². The summed E-state index contributed by atoms with van der Waals surface area (Å²) in [4.78, 5) is 13.8. The lowest BCUT2D eigenvalue weighted by Crippen LogP contribution is -2.43. The van der Waals surface area contributed by atoms with E-state index in [0.29, 0.717) is 26.3 Å². The van der Waals surface area contributed by atoms with Gasteiger partial charge in [0.1, 0.15) is 0 Å². The van der Waals surface area contributed by atoms with E-state index in [-0.39, 0.29) is 12.1 Å². The number of hydrogen-bond donors (Lipinski definition) is 1. The first-order valence-electron chi connectivity index (χ1n) is 7.59. The molecule has 0 aliphatic carbocycles. The van der Waals surface area contributed by atoms with Crippen molar-refractivity contribution in [2.24, 2.45) is 0 Å². The van der Waals surface area contributed by atoms with E-state index in [1.807, 2.05) is 10.9 Å². The predicted octanol–water partition coefficient (Wildman–Crippen LogP) is 1.32. The summed E-state index contributed by atoms with van der Waals surface area (Å²) in [6, 6.07) is -0.0910. The Balaban J connectivity index is 1.50. The van der Waals surface area contributed by atoms with Crippen molar-refractivity contribution in [3.63, 3.8) is 0 Å². The van der Waals surface area contributed by atoms with E-state index in [1.54, 1.807) is 11.1 Å². The van der Waals surface area contributed by atoms with Gasteiger partial charge in [0.2, 0.25) is 0 Å².